The lowest BCUT2D eigenvalue weighted by molar-refractivity contribution is 0.112. The summed E-state index contributed by atoms with van der Waals surface area (Å²) in [5, 5.41) is 0.559. The van der Waals surface area contributed by atoms with Crippen LogP contribution >= 0.6 is 11.6 Å². The van der Waals surface area contributed by atoms with Crippen LogP contribution in [0.1, 0.15) is 22.8 Å². The molecule has 1 aliphatic heterocycles. The van der Waals surface area contributed by atoms with E-state index in [-0.39, 0.29) is 0 Å². The molecule has 1 aromatic rings. The highest BCUT2D eigenvalue weighted by molar-refractivity contribution is 6.31. The van der Waals surface area contributed by atoms with Crippen LogP contribution < -0.4 is 4.74 Å². The third-order valence-electron chi connectivity index (χ3n) is 2.25. The molecule has 0 saturated carbocycles. The monoisotopic (exact) mass is 208 g/mol. The third-order valence-corrected chi connectivity index (χ3v) is 2.47. The van der Waals surface area contributed by atoms with E-state index in [0.717, 1.165) is 17.4 Å². The summed E-state index contributed by atoms with van der Waals surface area (Å²) >= 11 is 5.88. The topological polar surface area (TPSA) is 26.3 Å². The Morgan fingerprint density at radius 3 is 3.00 bits per heavy atom. The highest BCUT2D eigenvalue weighted by Crippen LogP contribution is 2.34. The second-order valence-corrected chi connectivity index (χ2v) is 3.62. The van der Waals surface area contributed by atoms with Gasteiger partial charge in [0.25, 0.3) is 0 Å². The van der Waals surface area contributed by atoms with E-state index in [9.17, 15) is 4.79 Å². The molecule has 0 atom stereocenters. The van der Waals surface area contributed by atoms with Gasteiger partial charge in [-0.15, -0.1) is 0 Å². The van der Waals surface area contributed by atoms with Crippen LogP contribution in [-0.4, -0.2) is 12.9 Å². The number of ether oxygens (including phenoxy) is 1. The third kappa shape index (κ3) is 1.42. The predicted octanol–water partition coefficient (Wildman–Crippen LogP) is 2.95. The second kappa shape index (κ2) is 3.46. The van der Waals surface area contributed by atoms with Gasteiger partial charge < -0.3 is 4.74 Å². The Bertz CT molecular complexity index is 422. The van der Waals surface area contributed by atoms with Crippen molar-refractivity contribution in [3.05, 3.63) is 34.4 Å². The van der Waals surface area contributed by atoms with E-state index in [1.54, 1.807) is 6.07 Å². The van der Waals surface area contributed by atoms with Gasteiger partial charge in [-0.2, -0.15) is 0 Å². The SMILES string of the molecule is CC1=CCOc2c(C=O)cc(Cl)cc21. The van der Waals surface area contributed by atoms with Crippen LogP contribution in [0.4, 0.5) is 0 Å². The number of halogens is 1. The van der Waals surface area contributed by atoms with Crippen molar-refractivity contribution in [2.75, 3.05) is 6.61 Å². The molecule has 2 rings (SSSR count). The minimum Gasteiger partial charge on any atom is -0.488 e. The van der Waals surface area contributed by atoms with Crippen molar-refractivity contribution in [3.63, 3.8) is 0 Å². The maximum Gasteiger partial charge on any atom is 0.153 e. The molecule has 0 amide bonds. The van der Waals surface area contributed by atoms with Gasteiger partial charge in [0.05, 0.1) is 5.56 Å². The summed E-state index contributed by atoms with van der Waals surface area (Å²) in [7, 11) is 0. The lowest BCUT2D eigenvalue weighted by atomic mass is 10.0. The first-order chi connectivity index (χ1) is 6.72. The van der Waals surface area contributed by atoms with Crippen molar-refractivity contribution >= 4 is 23.5 Å². The average Bonchev–Trinajstić information content (AvgIpc) is 2.18. The van der Waals surface area contributed by atoms with Crippen LogP contribution in [0.25, 0.3) is 5.57 Å². The quantitative estimate of drug-likeness (QED) is 0.664. The number of allylic oxidation sites excluding steroid dienone is 1. The van der Waals surface area contributed by atoms with Gasteiger partial charge in [0, 0.05) is 10.6 Å². The molecule has 0 unspecified atom stereocenters. The number of aldehydes is 1. The first kappa shape index (κ1) is 9.28. The standard InChI is InChI=1S/C11H9ClO2/c1-7-2-3-14-11-8(6-13)4-9(12)5-10(7)11/h2,4-6H,3H2,1H3. The zero-order valence-electron chi connectivity index (χ0n) is 7.71. The number of rotatable bonds is 1. The zero-order valence-corrected chi connectivity index (χ0v) is 8.47. The van der Waals surface area contributed by atoms with Crippen LogP contribution in [0.2, 0.25) is 5.02 Å². The summed E-state index contributed by atoms with van der Waals surface area (Å²) in [6.07, 6.45) is 2.73. The van der Waals surface area contributed by atoms with E-state index in [4.69, 9.17) is 16.3 Å². The molecule has 0 spiro atoms. The number of benzene rings is 1. The molecular formula is C11H9ClO2. The molecule has 1 aromatic carbocycles. The Kier molecular flexibility index (Phi) is 2.30. The predicted molar refractivity (Wildman–Crippen MR) is 56.0 cm³/mol. The van der Waals surface area contributed by atoms with Crippen LogP contribution in [-0.2, 0) is 0 Å². The summed E-state index contributed by atoms with van der Waals surface area (Å²) in [6.45, 7) is 2.49. The lowest BCUT2D eigenvalue weighted by Crippen LogP contribution is -2.06. The van der Waals surface area contributed by atoms with Crippen LogP contribution in [0.15, 0.2) is 18.2 Å². The number of carbonyl (C=O) groups is 1. The fraction of sp³-hybridized carbons (Fsp3) is 0.182. The lowest BCUT2D eigenvalue weighted by Gasteiger charge is -2.18. The number of hydrogen-bond donors (Lipinski definition) is 0. The van der Waals surface area contributed by atoms with Gasteiger partial charge in [-0.25, -0.2) is 0 Å². The van der Waals surface area contributed by atoms with E-state index in [0.29, 0.717) is 22.9 Å². The minimum absolute atomic E-state index is 0.514. The van der Waals surface area contributed by atoms with Gasteiger partial charge in [-0.05, 0) is 30.7 Å². The summed E-state index contributed by atoms with van der Waals surface area (Å²) in [5.74, 6) is 0.643. The average molecular weight is 209 g/mol. The Hall–Kier alpha value is -1.28. The summed E-state index contributed by atoms with van der Waals surface area (Å²) in [6, 6.07) is 3.43. The van der Waals surface area contributed by atoms with Crippen molar-refractivity contribution in [2.45, 2.75) is 6.92 Å². The first-order valence-electron chi connectivity index (χ1n) is 4.31. The Morgan fingerprint density at radius 1 is 1.50 bits per heavy atom. The van der Waals surface area contributed by atoms with Gasteiger partial charge in [-0.1, -0.05) is 11.6 Å². The normalized spacial score (nSPS) is 14.0. The number of carbonyl (C=O) groups excluding carboxylic acids is 1. The smallest absolute Gasteiger partial charge is 0.153 e. The molecule has 0 radical (unpaired) electrons. The first-order valence-corrected chi connectivity index (χ1v) is 4.69. The van der Waals surface area contributed by atoms with Gasteiger partial charge in [-0.3, -0.25) is 4.79 Å². The molecule has 3 heteroatoms. The molecule has 0 fully saturated rings. The van der Waals surface area contributed by atoms with E-state index in [2.05, 4.69) is 0 Å². The Labute approximate surface area is 87.1 Å². The minimum atomic E-state index is 0.514. The molecule has 0 aromatic heterocycles. The van der Waals surface area contributed by atoms with Gasteiger partial charge in [0.1, 0.15) is 12.4 Å². The van der Waals surface area contributed by atoms with Crippen molar-refractivity contribution < 1.29 is 9.53 Å². The maximum atomic E-state index is 10.8. The van der Waals surface area contributed by atoms with Crippen molar-refractivity contribution in [2.24, 2.45) is 0 Å². The fourth-order valence-electron chi connectivity index (χ4n) is 1.52. The molecule has 0 saturated heterocycles. The van der Waals surface area contributed by atoms with Crippen molar-refractivity contribution in [1.82, 2.24) is 0 Å². The highest BCUT2D eigenvalue weighted by Gasteiger charge is 2.15. The van der Waals surface area contributed by atoms with Crippen LogP contribution in [0.5, 0.6) is 5.75 Å². The van der Waals surface area contributed by atoms with Gasteiger partial charge in [0.2, 0.25) is 0 Å². The molecular weight excluding hydrogens is 200 g/mol. The molecule has 0 N–H and O–H groups in total. The van der Waals surface area contributed by atoms with Crippen molar-refractivity contribution in [1.29, 1.82) is 0 Å². The summed E-state index contributed by atoms with van der Waals surface area (Å²) in [5.41, 5.74) is 2.52. The maximum absolute atomic E-state index is 10.8. The molecule has 14 heavy (non-hydrogen) atoms. The zero-order chi connectivity index (χ0) is 10.1. The summed E-state index contributed by atoms with van der Waals surface area (Å²) in [4.78, 5) is 10.8. The molecule has 0 aliphatic carbocycles. The number of hydrogen-bond acceptors (Lipinski definition) is 2. The molecule has 2 nitrogen and oxygen atoms in total. The molecule has 0 bridgehead atoms. The molecule has 1 heterocycles. The van der Waals surface area contributed by atoms with Crippen LogP contribution in [0.3, 0.4) is 0 Å². The second-order valence-electron chi connectivity index (χ2n) is 3.19. The van der Waals surface area contributed by atoms with Gasteiger partial charge >= 0.3 is 0 Å². The summed E-state index contributed by atoms with van der Waals surface area (Å²) < 4.78 is 5.40. The Balaban J connectivity index is 2.68. The number of fused-ring (bicyclic) bond motifs is 1. The largest absolute Gasteiger partial charge is 0.488 e. The van der Waals surface area contributed by atoms with E-state index < -0.39 is 0 Å². The van der Waals surface area contributed by atoms with E-state index >= 15 is 0 Å². The Morgan fingerprint density at radius 2 is 2.29 bits per heavy atom. The highest BCUT2D eigenvalue weighted by atomic mass is 35.5. The van der Waals surface area contributed by atoms with Crippen LogP contribution in [0, 0.1) is 0 Å². The van der Waals surface area contributed by atoms with E-state index in [1.165, 1.54) is 0 Å². The fourth-order valence-corrected chi connectivity index (χ4v) is 1.74. The van der Waals surface area contributed by atoms with E-state index in [1.807, 2.05) is 19.1 Å². The van der Waals surface area contributed by atoms with Gasteiger partial charge in [0.15, 0.2) is 6.29 Å². The molecule has 1 aliphatic rings. The molecule has 72 valence electrons. The van der Waals surface area contributed by atoms with Crippen molar-refractivity contribution in [3.8, 4) is 5.75 Å².